The van der Waals surface area contributed by atoms with Crippen LogP contribution in [0, 0.1) is 83.1 Å². The van der Waals surface area contributed by atoms with E-state index in [2.05, 4.69) is 249 Å². The molecular formula is C75H81O4P. The van der Waals surface area contributed by atoms with E-state index in [1.165, 1.54) is 100 Å². The lowest BCUT2D eigenvalue weighted by Crippen LogP contribution is -2.29. The van der Waals surface area contributed by atoms with E-state index in [-0.39, 0.29) is 0 Å². The monoisotopic (exact) mass is 1080 g/mol. The van der Waals surface area contributed by atoms with Crippen LogP contribution in [0.5, 0.6) is 17.2 Å². The molecule has 9 rings (SSSR count). The fourth-order valence-electron chi connectivity index (χ4n) is 13.6. The lowest BCUT2D eigenvalue weighted by Gasteiger charge is -2.35. The van der Waals surface area contributed by atoms with Crippen LogP contribution in [0.4, 0.5) is 0 Å². The quantitative estimate of drug-likeness (QED) is 0.0803. The van der Waals surface area contributed by atoms with Gasteiger partial charge in [-0.05, 0) is 256 Å². The van der Waals surface area contributed by atoms with E-state index in [9.17, 15) is 0 Å². The molecule has 0 saturated carbocycles. The number of hydrogen-bond donors (Lipinski definition) is 0. The first-order chi connectivity index (χ1) is 38.0. The molecule has 3 unspecified atom stereocenters. The summed E-state index contributed by atoms with van der Waals surface area (Å²) in [6, 6.07) is 63.4. The van der Waals surface area contributed by atoms with E-state index in [4.69, 9.17) is 13.6 Å². The molecule has 0 aliphatic rings. The Morgan fingerprint density at radius 2 is 0.450 bits per heavy atom. The molecule has 80 heavy (non-hydrogen) atoms. The third kappa shape index (κ3) is 11.5. The highest BCUT2D eigenvalue weighted by Crippen LogP contribution is 2.52. The van der Waals surface area contributed by atoms with Crippen LogP contribution in [-0.4, -0.2) is 0 Å². The Morgan fingerprint density at radius 1 is 0.275 bits per heavy atom. The summed E-state index contributed by atoms with van der Waals surface area (Å²) in [4.78, 5) is 0. The molecule has 0 saturated heterocycles. The van der Waals surface area contributed by atoms with Gasteiger partial charge in [0.25, 0.3) is 0 Å². The van der Waals surface area contributed by atoms with Gasteiger partial charge in [-0.15, -0.1) is 0 Å². The van der Waals surface area contributed by atoms with E-state index < -0.39 is 24.1 Å². The normalized spacial score (nSPS) is 14.5. The first-order valence-corrected chi connectivity index (χ1v) is 29.9. The van der Waals surface area contributed by atoms with Crippen LogP contribution in [0.2, 0.25) is 0 Å². The van der Waals surface area contributed by atoms with Gasteiger partial charge in [0.2, 0.25) is 0 Å². The maximum Gasteiger partial charge on any atom is 0.647 e. The number of aryl methyl sites for hydroxylation is 12. The van der Waals surface area contributed by atoms with Crippen molar-refractivity contribution in [2.75, 3.05) is 0 Å². The standard InChI is InChI=1S/C75H81O4P/c1-49-22-16-23-50(2)67(49)46-73(13,70-55(7)28-19-29-56(70)8)61-34-40-64(41-35-61)77-80(76,78-65-42-36-62(37-43-65)74(14,71-57(9)30-20-31-58(71)10)47-68-51(3)24-17-25-52(68)4)79-66-44-38-63(39-45-66)75(15,72-59(11)32-21-33-60(72)12)48-69-53(5)26-18-27-54(69)6/h16-45H,46-48H2,1-15H3. The van der Waals surface area contributed by atoms with Gasteiger partial charge in [-0.1, -0.05) is 166 Å². The van der Waals surface area contributed by atoms with Crippen molar-refractivity contribution in [1.82, 2.24) is 0 Å². The molecule has 0 heterocycles. The molecule has 0 radical (unpaired) electrons. The predicted molar refractivity (Wildman–Crippen MR) is 335 cm³/mol. The first-order valence-electron chi connectivity index (χ1n) is 28.4. The van der Waals surface area contributed by atoms with Crippen LogP contribution in [0.1, 0.15) is 138 Å². The van der Waals surface area contributed by atoms with Gasteiger partial charge in [-0.3, -0.25) is 0 Å². The molecule has 410 valence electrons. The maximum atomic E-state index is 15.8. The van der Waals surface area contributed by atoms with Gasteiger partial charge >= 0.3 is 7.82 Å². The second kappa shape index (κ2) is 23.0. The van der Waals surface area contributed by atoms with Crippen molar-refractivity contribution >= 4 is 7.82 Å². The largest absolute Gasteiger partial charge is 0.647 e. The zero-order valence-corrected chi connectivity index (χ0v) is 50.9. The molecule has 0 aliphatic heterocycles. The van der Waals surface area contributed by atoms with E-state index in [1.807, 2.05) is 36.4 Å². The molecule has 9 aromatic carbocycles. The second-order valence-electron chi connectivity index (χ2n) is 23.7. The summed E-state index contributed by atoms with van der Waals surface area (Å²) < 4.78 is 35.6. The fourth-order valence-corrected chi connectivity index (χ4v) is 14.8. The fraction of sp³-hybridized carbons (Fsp3) is 0.280. The third-order valence-electron chi connectivity index (χ3n) is 17.7. The van der Waals surface area contributed by atoms with E-state index in [0.717, 1.165) is 36.0 Å². The first kappa shape index (κ1) is 57.3. The van der Waals surface area contributed by atoms with Crippen molar-refractivity contribution in [3.05, 3.63) is 299 Å². The molecule has 9 aromatic rings. The molecule has 3 atom stereocenters. The molecule has 0 bridgehead atoms. The molecule has 0 spiro atoms. The molecule has 0 amide bonds. The third-order valence-corrected chi connectivity index (χ3v) is 19.1. The second-order valence-corrected chi connectivity index (χ2v) is 25.2. The van der Waals surface area contributed by atoms with Crippen LogP contribution in [0.15, 0.2) is 182 Å². The summed E-state index contributed by atoms with van der Waals surface area (Å²) in [5.74, 6) is 1.11. The van der Waals surface area contributed by atoms with Gasteiger partial charge in [0.05, 0.1) is 0 Å². The predicted octanol–water partition coefficient (Wildman–Crippen LogP) is 19.7. The Hall–Kier alpha value is -7.39. The van der Waals surface area contributed by atoms with Crippen LogP contribution < -0.4 is 13.6 Å². The molecule has 5 heteroatoms. The van der Waals surface area contributed by atoms with E-state index in [0.29, 0.717) is 17.2 Å². The van der Waals surface area contributed by atoms with Gasteiger partial charge in [0, 0.05) is 16.2 Å². The van der Waals surface area contributed by atoms with Crippen LogP contribution in [-0.2, 0) is 40.1 Å². The highest BCUT2D eigenvalue weighted by Gasteiger charge is 2.39. The molecule has 4 nitrogen and oxygen atoms in total. The minimum atomic E-state index is -4.48. The van der Waals surface area contributed by atoms with Crippen molar-refractivity contribution in [3.63, 3.8) is 0 Å². The van der Waals surface area contributed by atoms with Gasteiger partial charge in [0.1, 0.15) is 17.2 Å². The van der Waals surface area contributed by atoms with E-state index in [1.54, 1.807) is 0 Å². The highest BCUT2D eigenvalue weighted by atomic mass is 31.2. The van der Waals surface area contributed by atoms with Gasteiger partial charge in [-0.25, -0.2) is 0 Å². The molecule has 0 aromatic heterocycles. The van der Waals surface area contributed by atoms with Crippen molar-refractivity contribution in [1.29, 1.82) is 0 Å². The zero-order valence-electron chi connectivity index (χ0n) is 50.0. The topological polar surface area (TPSA) is 44.8 Å². The molecule has 0 fully saturated rings. The number of rotatable bonds is 18. The summed E-state index contributed by atoms with van der Waals surface area (Å²) in [6.07, 6.45) is 2.40. The van der Waals surface area contributed by atoms with Crippen molar-refractivity contribution in [2.45, 2.75) is 139 Å². The minimum absolute atomic E-state index is 0.369. The summed E-state index contributed by atoms with van der Waals surface area (Å²) in [5.41, 5.74) is 25.1. The Kier molecular flexibility index (Phi) is 16.5. The summed E-state index contributed by atoms with van der Waals surface area (Å²) >= 11 is 0. The average molecular weight is 1080 g/mol. The number of phosphoric ester groups is 1. The zero-order chi connectivity index (χ0) is 57.3. The highest BCUT2D eigenvalue weighted by molar-refractivity contribution is 7.49. The van der Waals surface area contributed by atoms with Gasteiger partial charge < -0.3 is 13.6 Å². The van der Waals surface area contributed by atoms with Crippen molar-refractivity contribution in [3.8, 4) is 17.2 Å². The Morgan fingerprint density at radius 3 is 0.637 bits per heavy atom. The molecule has 0 aliphatic carbocycles. The number of benzene rings is 9. The smallest absolute Gasteiger partial charge is 0.386 e. The van der Waals surface area contributed by atoms with Gasteiger partial charge in [-0.2, -0.15) is 4.57 Å². The lowest BCUT2D eigenvalue weighted by molar-refractivity contribution is 0.298. The SMILES string of the molecule is Cc1cccc(C)c1CC(C)(c1ccc(OP(=O)(Oc2ccc(C(C)(Cc3c(C)cccc3C)c3c(C)cccc3C)cc2)Oc2ccc(C(C)(Cc3c(C)cccc3C)c3c(C)cccc3C)cc2)cc1)c1c(C)cccc1C. The number of phosphoric acid groups is 1. The summed E-state index contributed by atoms with van der Waals surface area (Å²) in [7, 11) is -4.48. The van der Waals surface area contributed by atoms with Gasteiger partial charge in [0.15, 0.2) is 0 Å². The Bertz CT molecular complexity index is 3250. The number of hydrogen-bond acceptors (Lipinski definition) is 4. The average Bonchev–Trinajstić information content (AvgIpc) is 3.44. The van der Waals surface area contributed by atoms with Crippen LogP contribution in [0.3, 0.4) is 0 Å². The Balaban J connectivity index is 1.11. The summed E-state index contributed by atoms with van der Waals surface area (Å²) in [5, 5.41) is 0. The van der Waals surface area contributed by atoms with E-state index >= 15 is 4.57 Å². The van der Waals surface area contributed by atoms with Crippen LogP contribution >= 0.6 is 7.82 Å². The van der Waals surface area contributed by atoms with Crippen LogP contribution in [0.25, 0.3) is 0 Å². The summed E-state index contributed by atoms with van der Waals surface area (Å²) in [6.45, 7) is 33.5. The molecular weight excluding hydrogens is 996 g/mol. The van der Waals surface area contributed by atoms with Crippen molar-refractivity contribution < 1.29 is 18.1 Å². The Labute approximate surface area is 478 Å². The minimum Gasteiger partial charge on any atom is -0.386 e. The molecule has 0 N–H and O–H groups in total. The van der Waals surface area contributed by atoms with Crippen molar-refractivity contribution in [2.24, 2.45) is 0 Å². The maximum absolute atomic E-state index is 15.8. The lowest BCUT2D eigenvalue weighted by atomic mass is 9.68.